The third-order valence-corrected chi connectivity index (χ3v) is 6.18. The quantitative estimate of drug-likeness (QED) is 0.610. The van der Waals surface area contributed by atoms with Gasteiger partial charge < -0.3 is 4.90 Å². The Kier molecular flexibility index (Phi) is 2.57. The van der Waals surface area contributed by atoms with Crippen LogP contribution in [0, 0.1) is 23.2 Å². The van der Waals surface area contributed by atoms with Crippen LogP contribution in [0.4, 0.5) is 0 Å². The molecule has 0 aromatic rings. The van der Waals surface area contributed by atoms with Crippen LogP contribution in [0.3, 0.4) is 0 Å². The van der Waals surface area contributed by atoms with Gasteiger partial charge in [-0.3, -0.25) is 0 Å². The molecule has 4 unspecified atom stereocenters. The summed E-state index contributed by atoms with van der Waals surface area (Å²) in [6, 6.07) is 0.789. The first kappa shape index (κ1) is 11.6. The van der Waals surface area contributed by atoms with Crippen molar-refractivity contribution < 1.29 is 0 Å². The third kappa shape index (κ3) is 1.50. The maximum absolute atomic E-state index is 4.38. The standard InChI is InChI=1S/C16H27N/c1-11-16(2,3)15-13-8-6-5-7-12(13)9-10-14(15)17(11)4/h12-15H,1,5-10H2,2-4H3. The molecule has 1 nitrogen and oxygen atoms in total. The van der Waals surface area contributed by atoms with Crippen molar-refractivity contribution in [2.45, 2.75) is 58.4 Å². The lowest BCUT2D eigenvalue weighted by Gasteiger charge is -2.47. The molecule has 96 valence electrons. The van der Waals surface area contributed by atoms with Gasteiger partial charge in [-0.1, -0.05) is 39.7 Å². The minimum atomic E-state index is 0.333. The molecule has 0 spiro atoms. The Bertz CT molecular complexity index is 330. The van der Waals surface area contributed by atoms with Crippen molar-refractivity contribution >= 4 is 0 Å². The second-order valence-corrected chi connectivity index (χ2v) is 7.16. The number of fused-ring (bicyclic) bond motifs is 3. The lowest BCUT2D eigenvalue weighted by molar-refractivity contribution is 0.0331. The Labute approximate surface area is 106 Å². The smallest absolute Gasteiger partial charge is 0.0323 e. The van der Waals surface area contributed by atoms with Crippen molar-refractivity contribution in [2.24, 2.45) is 23.2 Å². The number of allylic oxidation sites excluding steroid dienone is 1. The first-order chi connectivity index (χ1) is 8.03. The van der Waals surface area contributed by atoms with Crippen LogP contribution in [0.25, 0.3) is 0 Å². The van der Waals surface area contributed by atoms with Crippen LogP contribution in [-0.4, -0.2) is 18.0 Å². The van der Waals surface area contributed by atoms with Crippen LogP contribution in [0.1, 0.15) is 52.4 Å². The maximum Gasteiger partial charge on any atom is 0.0323 e. The summed E-state index contributed by atoms with van der Waals surface area (Å²) in [6.07, 6.45) is 8.81. The van der Waals surface area contributed by atoms with E-state index in [0.717, 1.165) is 23.8 Å². The van der Waals surface area contributed by atoms with Crippen LogP contribution in [0.2, 0.25) is 0 Å². The summed E-state index contributed by atoms with van der Waals surface area (Å²) in [5.74, 6) is 2.89. The summed E-state index contributed by atoms with van der Waals surface area (Å²) in [5.41, 5.74) is 1.72. The second-order valence-electron chi connectivity index (χ2n) is 7.16. The molecule has 2 saturated carbocycles. The fourth-order valence-electron chi connectivity index (χ4n) is 5.22. The van der Waals surface area contributed by atoms with E-state index >= 15 is 0 Å². The molecule has 1 aliphatic heterocycles. The highest BCUT2D eigenvalue weighted by Gasteiger charge is 2.54. The zero-order chi connectivity index (χ0) is 12.2. The molecule has 1 heteroatoms. The molecule has 2 aliphatic carbocycles. The number of rotatable bonds is 0. The fraction of sp³-hybridized carbons (Fsp3) is 0.875. The summed E-state index contributed by atoms with van der Waals surface area (Å²) in [5, 5.41) is 0. The van der Waals surface area contributed by atoms with E-state index in [1.807, 2.05) is 0 Å². The molecule has 0 bridgehead atoms. The van der Waals surface area contributed by atoms with Gasteiger partial charge in [-0.2, -0.15) is 0 Å². The largest absolute Gasteiger partial charge is 0.375 e. The van der Waals surface area contributed by atoms with E-state index in [4.69, 9.17) is 0 Å². The highest BCUT2D eigenvalue weighted by atomic mass is 15.2. The Hall–Kier alpha value is -0.460. The van der Waals surface area contributed by atoms with Gasteiger partial charge in [-0.15, -0.1) is 0 Å². The van der Waals surface area contributed by atoms with E-state index < -0.39 is 0 Å². The van der Waals surface area contributed by atoms with Gasteiger partial charge in [0.15, 0.2) is 0 Å². The molecule has 0 N–H and O–H groups in total. The molecular weight excluding hydrogens is 206 g/mol. The molecule has 1 heterocycles. The van der Waals surface area contributed by atoms with E-state index in [-0.39, 0.29) is 0 Å². The number of hydrogen-bond donors (Lipinski definition) is 0. The van der Waals surface area contributed by atoms with Gasteiger partial charge in [0, 0.05) is 24.2 Å². The van der Waals surface area contributed by atoms with Crippen molar-refractivity contribution in [3.05, 3.63) is 12.3 Å². The average Bonchev–Trinajstić information content (AvgIpc) is 2.51. The number of hydrogen-bond acceptors (Lipinski definition) is 1. The summed E-state index contributed by atoms with van der Waals surface area (Å²) in [4.78, 5) is 2.51. The maximum atomic E-state index is 4.38. The minimum Gasteiger partial charge on any atom is -0.375 e. The van der Waals surface area contributed by atoms with Crippen LogP contribution in [-0.2, 0) is 0 Å². The monoisotopic (exact) mass is 233 g/mol. The molecule has 3 fully saturated rings. The van der Waals surface area contributed by atoms with Crippen molar-refractivity contribution in [1.82, 2.24) is 4.90 Å². The second kappa shape index (κ2) is 3.76. The molecule has 0 aromatic heterocycles. The molecule has 1 saturated heterocycles. The van der Waals surface area contributed by atoms with Gasteiger partial charge in [-0.05, 0) is 37.0 Å². The number of likely N-dealkylation sites (tertiary alicyclic amines) is 1. The summed E-state index contributed by atoms with van der Waals surface area (Å²) in [6.45, 7) is 9.25. The normalized spacial score (nSPS) is 44.4. The van der Waals surface area contributed by atoms with Gasteiger partial charge in [-0.25, -0.2) is 0 Å². The SMILES string of the molecule is C=C1N(C)C2CCC3CCCCC3C2C1(C)C. The lowest BCUT2D eigenvalue weighted by Crippen LogP contribution is -2.44. The van der Waals surface area contributed by atoms with Crippen LogP contribution >= 0.6 is 0 Å². The Morgan fingerprint density at radius 2 is 1.82 bits per heavy atom. The zero-order valence-corrected chi connectivity index (χ0v) is 11.7. The number of nitrogens with zero attached hydrogens (tertiary/aromatic N) is 1. The topological polar surface area (TPSA) is 3.24 Å². The van der Waals surface area contributed by atoms with Crippen molar-refractivity contribution in [2.75, 3.05) is 7.05 Å². The molecule has 17 heavy (non-hydrogen) atoms. The van der Waals surface area contributed by atoms with Crippen LogP contribution < -0.4 is 0 Å². The van der Waals surface area contributed by atoms with E-state index in [1.54, 1.807) is 0 Å². The van der Waals surface area contributed by atoms with Gasteiger partial charge >= 0.3 is 0 Å². The first-order valence-corrected chi connectivity index (χ1v) is 7.45. The Morgan fingerprint density at radius 3 is 2.59 bits per heavy atom. The molecule has 4 atom stereocenters. The van der Waals surface area contributed by atoms with Crippen molar-refractivity contribution in [3.8, 4) is 0 Å². The molecule has 0 aromatic carbocycles. The summed E-state index contributed by atoms with van der Waals surface area (Å²) < 4.78 is 0. The van der Waals surface area contributed by atoms with Crippen molar-refractivity contribution in [1.29, 1.82) is 0 Å². The average molecular weight is 233 g/mol. The fourth-order valence-corrected chi connectivity index (χ4v) is 5.22. The van der Waals surface area contributed by atoms with Crippen LogP contribution in [0.15, 0.2) is 12.3 Å². The highest BCUT2D eigenvalue weighted by Crippen LogP contribution is 2.58. The molecule has 0 amide bonds. The Balaban J connectivity index is 1.94. The molecule has 0 radical (unpaired) electrons. The zero-order valence-electron chi connectivity index (χ0n) is 11.7. The van der Waals surface area contributed by atoms with E-state index in [0.29, 0.717) is 5.41 Å². The molecule has 3 rings (SSSR count). The van der Waals surface area contributed by atoms with Crippen LogP contribution in [0.5, 0.6) is 0 Å². The van der Waals surface area contributed by atoms with Gasteiger partial charge in [0.1, 0.15) is 0 Å². The highest BCUT2D eigenvalue weighted by molar-refractivity contribution is 5.20. The third-order valence-electron chi connectivity index (χ3n) is 6.18. The first-order valence-electron chi connectivity index (χ1n) is 7.45. The predicted octanol–water partition coefficient (Wildman–Crippen LogP) is 4.06. The van der Waals surface area contributed by atoms with E-state index in [9.17, 15) is 0 Å². The van der Waals surface area contributed by atoms with Gasteiger partial charge in [0.05, 0.1) is 0 Å². The lowest BCUT2D eigenvalue weighted by atomic mass is 9.58. The van der Waals surface area contributed by atoms with Gasteiger partial charge in [0.25, 0.3) is 0 Å². The Morgan fingerprint density at radius 1 is 1.12 bits per heavy atom. The minimum absolute atomic E-state index is 0.333. The van der Waals surface area contributed by atoms with Gasteiger partial charge in [0.2, 0.25) is 0 Å². The summed E-state index contributed by atoms with van der Waals surface area (Å²) in [7, 11) is 2.28. The molecular formula is C16H27N. The van der Waals surface area contributed by atoms with E-state index in [2.05, 4.69) is 32.4 Å². The van der Waals surface area contributed by atoms with Crippen molar-refractivity contribution in [3.63, 3.8) is 0 Å². The predicted molar refractivity (Wildman–Crippen MR) is 72.6 cm³/mol. The molecule has 3 aliphatic rings. The summed E-state index contributed by atoms with van der Waals surface area (Å²) >= 11 is 0. The van der Waals surface area contributed by atoms with E-state index in [1.165, 1.54) is 44.2 Å².